The van der Waals surface area contributed by atoms with E-state index in [9.17, 15) is 0 Å². The molecule has 0 atom stereocenters. The second-order valence-corrected chi connectivity index (χ2v) is 29.3. The van der Waals surface area contributed by atoms with Crippen molar-refractivity contribution < 1.29 is 0 Å². The third kappa shape index (κ3) is 6.87. The lowest BCUT2D eigenvalue weighted by molar-refractivity contribution is 0.332. The Kier molecular flexibility index (Phi) is 10.1. The van der Waals surface area contributed by atoms with E-state index in [4.69, 9.17) is 0 Å². The van der Waals surface area contributed by atoms with Crippen LogP contribution in [0.15, 0.2) is 109 Å². The summed E-state index contributed by atoms with van der Waals surface area (Å²) in [6.45, 7) is 37.1. The molecule has 8 aromatic rings. The van der Waals surface area contributed by atoms with Gasteiger partial charge in [0.05, 0.1) is 0 Å². The Morgan fingerprint density at radius 2 is 0.986 bits per heavy atom. The van der Waals surface area contributed by atoms with Crippen LogP contribution in [0.5, 0.6) is 0 Å². The minimum absolute atomic E-state index is 0.00989. The van der Waals surface area contributed by atoms with Gasteiger partial charge >= 0.3 is 0 Å². The summed E-state index contributed by atoms with van der Waals surface area (Å²) < 4.78 is 2.72. The zero-order valence-corrected chi connectivity index (χ0v) is 48.0. The van der Waals surface area contributed by atoms with E-state index in [1.54, 1.807) is 0 Å². The normalized spacial score (nSPS) is 20.3. The highest BCUT2D eigenvalue weighted by atomic mass is 32.1. The summed E-state index contributed by atoms with van der Waals surface area (Å²) in [6, 6.07) is 44.0. The molecular weight excluding hydrogens is 912 g/mol. The van der Waals surface area contributed by atoms with Gasteiger partial charge in [-0.25, -0.2) is 0 Å². The van der Waals surface area contributed by atoms with Crippen LogP contribution in [0.3, 0.4) is 0 Å². The molecule has 4 aliphatic carbocycles. The SMILES string of the molecule is Cc1cc2c(cc1N1c3cc4c(c(-c5cc6c(cc5Nc5ccc7c(c5)C(C)(C)CCC7(C)C)C(C)(C)CCC6(C)C)c3Bc3c1ccc1sc5ccccc5c31)-c1ccccc1C4(C)C)C(C)(C)CCC2(C)C. The fourth-order valence-electron chi connectivity index (χ4n) is 15.1. The molecule has 4 heteroatoms. The molecule has 0 bridgehead atoms. The molecule has 1 N–H and O–H groups in total. The number of rotatable bonds is 4. The average molecular weight is 989 g/mol. The summed E-state index contributed by atoms with van der Waals surface area (Å²) in [5.41, 5.74) is 28.0. The van der Waals surface area contributed by atoms with Gasteiger partial charge in [-0.15, -0.1) is 11.3 Å². The highest BCUT2D eigenvalue weighted by Gasteiger charge is 2.45. The zero-order valence-electron chi connectivity index (χ0n) is 47.2. The van der Waals surface area contributed by atoms with E-state index in [0.29, 0.717) is 0 Å². The molecule has 7 aromatic carbocycles. The molecule has 376 valence electrons. The van der Waals surface area contributed by atoms with Crippen LogP contribution in [0.25, 0.3) is 42.4 Å². The van der Waals surface area contributed by atoms with Crippen molar-refractivity contribution in [3.63, 3.8) is 0 Å². The van der Waals surface area contributed by atoms with Crippen LogP contribution in [-0.4, -0.2) is 7.28 Å². The van der Waals surface area contributed by atoms with E-state index in [-0.39, 0.29) is 37.9 Å². The quantitative estimate of drug-likeness (QED) is 0.177. The predicted molar refractivity (Wildman–Crippen MR) is 324 cm³/mol. The molecule has 0 radical (unpaired) electrons. The maximum absolute atomic E-state index is 4.30. The minimum atomic E-state index is -0.230. The van der Waals surface area contributed by atoms with E-state index < -0.39 is 0 Å². The third-order valence-corrected chi connectivity index (χ3v) is 21.4. The van der Waals surface area contributed by atoms with Crippen LogP contribution in [0.2, 0.25) is 0 Å². The Hall–Kier alpha value is -5.58. The van der Waals surface area contributed by atoms with E-state index >= 15 is 0 Å². The highest BCUT2D eigenvalue weighted by molar-refractivity contribution is 7.26. The van der Waals surface area contributed by atoms with Gasteiger partial charge < -0.3 is 10.2 Å². The lowest BCUT2D eigenvalue weighted by Crippen LogP contribution is -2.42. The molecule has 2 heterocycles. The largest absolute Gasteiger partial charge is 0.355 e. The first-order valence-electron chi connectivity index (χ1n) is 28.1. The molecule has 1 aliphatic heterocycles. The number of thiophene rings is 1. The zero-order chi connectivity index (χ0) is 52.0. The smallest absolute Gasteiger partial charge is 0.199 e. The van der Waals surface area contributed by atoms with Crippen molar-refractivity contribution in [2.24, 2.45) is 0 Å². The Morgan fingerprint density at radius 1 is 0.432 bits per heavy atom. The van der Waals surface area contributed by atoms with Crippen molar-refractivity contribution in [2.45, 2.75) is 180 Å². The van der Waals surface area contributed by atoms with Crippen LogP contribution in [-0.2, 0) is 37.9 Å². The average Bonchev–Trinajstić information content (AvgIpc) is 3.87. The number of nitrogens with one attached hydrogen (secondary N) is 1. The van der Waals surface area contributed by atoms with Crippen LogP contribution in [0.4, 0.5) is 28.4 Å². The Morgan fingerprint density at radius 3 is 1.66 bits per heavy atom. The van der Waals surface area contributed by atoms with Crippen LogP contribution < -0.4 is 21.1 Å². The van der Waals surface area contributed by atoms with Crippen molar-refractivity contribution in [3.05, 3.63) is 159 Å². The first kappa shape index (κ1) is 48.1. The second kappa shape index (κ2) is 15.5. The van der Waals surface area contributed by atoms with Crippen molar-refractivity contribution in [2.75, 3.05) is 10.2 Å². The first-order chi connectivity index (χ1) is 34.8. The number of hydrogen-bond acceptors (Lipinski definition) is 3. The molecule has 0 fully saturated rings. The second-order valence-electron chi connectivity index (χ2n) is 28.2. The summed E-state index contributed by atoms with van der Waals surface area (Å²) in [7, 11) is 0.834. The molecule has 0 spiro atoms. The van der Waals surface area contributed by atoms with E-state index in [2.05, 4.69) is 223 Å². The van der Waals surface area contributed by atoms with Gasteiger partial charge in [-0.3, -0.25) is 0 Å². The van der Waals surface area contributed by atoms with Crippen molar-refractivity contribution in [3.8, 4) is 22.3 Å². The van der Waals surface area contributed by atoms with Crippen LogP contribution in [0, 0.1) is 6.92 Å². The highest BCUT2D eigenvalue weighted by Crippen LogP contribution is 2.58. The summed E-state index contributed by atoms with van der Waals surface area (Å²) in [4.78, 5) is 2.75. The Balaban J connectivity index is 1.17. The van der Waals surface area contributed by atoms with Gasteiger partial charge in [-0.2, -0.15) is 0 Å². The van der Waals surface area contributed by atoms with Crippen molar-refractivity contribution in [1.82, 2.24) is 0 Å². The minimum Gasteiger partial charge on any atom is -0.355 e. The lowest BCUT2D eigenvalue weighted by Gasteiger charge is -2.44. The maximum atomic E-state index is 4.30. The fraction of sp³-hybridized carbons (Fsp3) is 0.400. The van der Waals surface area contributed by atoms with E-state index in [1.807, 2.05) is 11.3 Å². The topological polar surface area (TPSA) is 15.3 Å². The fourth-order valence-corrected chi connectivity index (χ4v) is 16.2. The number of fused-ring (bicyclic) bond motifs is 12. The Labute approximate surface area is 447 Å². The molecular formula is C70H77BN2S. The number of anilines is 5. The number of hydrogen-bond donors (Lipinski definition) is 1. The predicted octanol–water partition coefficient (Wildman–Crippen LogP) is 18.3. The van der Waals surface area contributed by atoms with Gasteiger partial charge in [0.2, 0.25) is 0 Å². The van der Waals surface area contributed by atoms with Gasteiger partial charge in [-0.05, 0) is 221 Å². The summed E-state index contributed by atoms with van der Waals surface area (Å²) in [6.07, 6.45) is 7.08. The van der Waals surface area contributed by atoms with Gasteiger partial charge in [-0.1, -0.05) is 152 Å². The van der Waals surface area contributed by atoms with Gasteiger partial charge in [0, 0.05) is 48.8 Å². The summed E-state index contributed by atoms with van der Waals surface area (Å²) >= 11 is 1.94. The van der Waals surface area contributed by atoms with Crippen LogP contribution in [0.1, 0.15) is 186 Å². The number of aryl methyl sites for hydroxylation is 1. The molecule has 5 aliphatic rings. The van der Waals surface area contributed by atoms with E-state index in [0.717, 1.165) is 20.1 Å². The molecule has 13 rings (SSSR count). The maximum Gasteiger partial charge on any atom is 0.199 e. The standard InChI is InChI=1S/C70H77BN2S/c1-40-34-47-51(69(12,13)33-30-65(47,4)5)38-55(40)73-54-26-27-58-60(43-21-17-19-23-57(43)74-58)62(54)71-63-56(73)39-52-59(42-20-16-18-22-45(42)70(52,14)15)61(63)44-36-49-50(68(10,11)32-31-67(49,8)9)37-53(44)72-41-24-25-46-48(35-41)66(6,7)29-28-64(46,2)3/h16-27,34-39,71-72H,28-33H2,1-15H3. The Bertz CT molecular complexity index is 3740. The molecule has 1 aromatic heterocycles. The van der Waals surface area contributed by atoms with Gasteiger partial charge in [0.1, 0.15) is 0 Å². The molecule has 0 saturated carbocycles. The third-order valence-electron chi connectivity index (χ3n) is 20.2. The summed E-state index contributed by atoms with van der Waals surface area (Å²) in [5.74, 6) is 0. The molecule has 74 heavy (non-hydrogen) atoms. The van der Waals surface area contributed by atoms with Gasteiger partial charge in [0.15, 0.2) is 7.28 Å². The molecule has 2 nitrogen and oxygen atoms in total. The number of benzene rings is 7. The van der Waals surface area contributed by atoms with Gasteiger partial charge in [0.25, 0.3) is 0 Å². The summed E-state index contributed by atoms with van der Waals surface area (Å²) in [5, 5.41) is 7.08. The number of nitrogens with zero attached hydrogens (tertiary/aromatic N) is 1. The molecule has 0 unspecified atom stereocenters. The van der Waals surface area contributed by atoms with Crippen LogP contribution >= 0.6 is 11.3 Å². The molecule has 0 saturated heterocycles. The van der Waals surface area contributed by atoms with Crippen molar-refractivity contribution >= 4 is 78.2 Å². The molecule has 0 amide bonds. The van der Waals surface area contributed by atoms with Crippen molar-refractivity contribution in [1.29, 1.82) is 0 Å². The monoisotopic (exact) mass is 989 g/mol. The van der Waals surface area contributed by atoms with E-state index in [1.165, 1.54) is 158 Å². The first-order valence-corrected chi connectivity index (χ1v) is 28.9. The lowest BCUT2D eigenvalue weighted by atomic mass is 9.55.